The third kappa shape index (κ3) is 7.95. The zero-order chi connectivity index (χ0) is 12.5. The van der Waals surface area contributed by atoms with Gasteiger partial charge in [-0.2, -0.15) is 0 Å². The summed E-state index contributed by atoms with van der Waals surface area (Å²) < 4.78 is 0. The zero-order valence-electron chi connectivity index (χ0n) is 10.9. The van der Waals surface area contributed by atoms with Gasteiger partial charge in [-0.05, 0) is 33.4 Å². The van der Waals surface area contributed by atoms with Crippen LogP contribution in [0.3, 0.4) is 0 Å². The molecular weight excluding hydrogens is 252 g/mol. The number of nitrogens with one attached hydrogen (secondary N) is 1. The quantitative estimate of drug-likeness (QED) is 0.546. The second-order valence-electron chi connectivity index (χ2n) is 4.73. The minimum Gasteiger partial charge on any atom is -0.355 e. The Bertz CT molecular complexity index is 224. The second-order valence-corrected chi connectivity index (χ2v) is 7.52. The van der Waals surface area contributed by atoms with Crippen LogP contribution in [0.5, 0.6) is 0 Å². The molecule has 1 N–H and O–H groups in total. The van der Waals surface area contributed by atoms with E-state index in [0.29, 0.717) is 6.42 Å². The number of amides is 1. The monoisotopic (exact) mass is 278 g/mol. The summed E-state index contributed by atoms with van der Waals surface area (Å²) in [6.45, 7) is 1.68. The highest BCUT2D eigenvalue weighted by atomic mass is 33.1. The van der Waals surface area contributed by atoms with Gasteiger partial charge in [-0.15, -0.1) is 0 Å². The zero-order valence-corrected chi connectivity index (χ0v) is 12.5. The molecule has 1 aliphatic rings. The van der Waals surface area contributed by atoms with Gasteiger partial charge in [-0.1, -0.05) is 28.0 Å². The number of unbranched alkanes of at least 4 members (excludes halogenated alkanes) is 1. The SMILES string of the molecule is CN(C)CCNC(=O)CCCC[C@@H]1CCSS1.[HH]. The Morgan fingerprint density at radius 1 is 1.47 bits per heavy atom. The van der Waals surface area contributed by atoms with Crippen LogP contribution in [-0.4, -0.2) is 49.0 Å². The molecule has 17 heavy (non-hydrogen) atoms. The molecule has 0 saturated carbocycles. The predicted molar refractivity (Wildman–Crippen MR) is 80.6 cm³/mol. The topological polar surface area (TPSA) is 32.3 Å². The van der Waals surface area contributed by atoms with E-state index in [1.54, 1.807) is 0 Å². The van der Waals surface area contributed by atoms with Crippen LogP contribution in [0.25, 0.3) is 0 Å². The van der Waals surface area contributed by atoms with Crippen molar-refractivity contribution in [2.75, 3.05) is 32.9 Å². The average Bonchev–Trinajstić information content (AvgIpc) is 2.76. The Hall–Kier alpha value is 0.130. The van der Waals surface area contributed by atoms with E-state index in [9.17, 15) is 4.79 Å². The van der Waals surface area contributed by atoms with Crippen LogP contribution in [0.4, 0.5) is 0 Å². The second kappa shape index (κ2) is 9.11. The lowest BCUT2D eigenvalue weighted by Crippen LogP contribution is -2.31. The first-order valence-electron chi connectivity index (χ1n) is 6.38. The van der Waals surface area contributed by atoms with Crippen molar-refractivity contribution in [1.29, 1.82) is 0 Å². The summed E-state index contributed by atoms with van der Waals surface area (Å²) in [5.74, 6) is 1.51. The predicted octanol–water partition coefficient (Wildman–Crippen LogP) is 2.62. The minimum atomic E-state index is 0. The molecule has 0 aromatic carbocycles. The third-order valence-corrected chi connectivity index (χ3v) is 5.80. The van der Waals surface area contributed by atoms with Crippen LogP contribution < -0.4 is 5.32 Å². The van der Waals surface area contributed by atoms with Crippen LogP contribution in [0, 0.1) is 0 Å². The number of rotatable bonds is 8. The van der Waals surface area contributed by atoms with Crippen molar-refractivity contribution >= 4 is 27.5 Å². The lowest BCUT2D eigenvalue weighted by molar-refractivity contribution is -0.121. The van der Waals surface area contributed by atoms with E-state index in [0.717, 1.165) is 24.8 Å². The fraction of sp³-hybridized carbons (Fsp3) is 0.917. The van der Waals surface area contributed by atoms with Gasteiger partial charge in [0, 0.05) is 31.9 Å². The molecule has 3 nitrogen and oxygen atoms in total. The summed E-state index contributed by atoms with van der Waals surface area (Å²) in [7, 11) is 8.06. The van der Waals surface area contributed by atoms with E-state index < -0.39 is 0 Å². The van der Waals surface area contributed by atoms with Crippen molar-refractivity contribution in [2.45, 2.75) is 37.4 Å². The molecule has 0 unspecified atom stereocenters. The molecule has 0 radical (unpaired) electrons. The molecule has 0 spiro atoms. The van der Waals surface area contributed by atoms with E-state index in [4.69, 9.17) is 0 Å². The van der Waals surface area contributed by atoms with Crippen molar-refractivity contribution in [3.63, 3.8) is 0 Å². The van der Waals surface area contributed by atoms with Gasteiger partial charge in [0.15, 0.2) is 0 Å². The molecule has 0 aliphatic carbocycles. The first kappa shape index (κ1) is 15.2. The largest absolute Gasteiger partial charge is 0.355 e. The molecule has 1 heterocycles. The maximum absolute atomic E-state index is 11.5. The van der Waals surface area contributed by atoms with Gasteiger partial charge in [0.25, 0.3) is 0 Å². The van der Waals surface area contributed by atoms with Gasteiger partial charge in [-0.3, -0.25) is 4.79 Å². The van der Waals surface area contributed by atoms with E-state index in [-0.39, 0.29) is 7.33 Å². The molecule has 5 heteroatoms. The minimum absolute atomic E-state index is 0. The van der Waals surface area contributed by atoms with Crippen molar-refractivity contribution in [3.05, 3.63) is 0 Å². The Kier molecular flexibility index (Phi) is 8.14. The lowest BCUT2D eigenvalue weighted by atomic mass is 10.1. The number of carbonyl (C=O) groups excluding carboxylic acids is 1. The maximum atomic E-state index is 11.5. The molecule has 0 bridgehead atoms. The van der Waals surface area contributed by atoms with Crippen molar-refractivity contribution < 1.29 is 6.22 Å². The van der Waals surface area contributed by atoms with Crippen LogP contribution >= 0.6 is 21.6 Å². The number of carbonyl (C=O) groups is 1. The van der Waals surface area contributed by atoms with E-state index in [2.05, 4.69) is 10.2 Å². The fourth-order valence-corrected chi connectivity index (χ4v) is 4.76. The number of hydrogen-bond acceptors (Lipinski definition) is 4. The van der Waals surface area contributed by atoms with E-state index in [1.807, 2.05) is 35.7 Å². The summed E-state index contributed by atoms with van der Waals surface area (Å²) in [6, 6.07) is 0. The average molecular weight is 278 g/mol. The first-order valence-corrected chi connectivity index (χ1v) is 8.76. The maximum Gasteiger partial charge on any atom is 0.220 e. The summed E-state index contributed by atoms with van der Waals surface area (Å²) in [4.78, 5) is 13.6. The Labute approximate surface area is 114 Å². The van der Waals surface area contributed by atoms with Crippen LogP contribution in [0.2, 0.25) is 0 Å². The lowest BCUT2D eigenvalue weighted by Gasteiger charge is -2.10. The van der Waals surface area contributed by atoms with Gasteiger partial charge in [0.2, 0.25) is 5.91 Å². The highest BCUT2D eigenvalue weighted by Gasteiger charge is 2.15. The normalized spacial score (nSPS) is 19.8. The van der Waals surface area contributed by atoms with Crippen LogP contribution in [0.15, 0.2) is 0 Å². The standard InChI is InChI=1S/C12H24N2OS2.H2/c1-14(2)9-8-13-12(15)6-4-3-5-11-7-10-16-17-11;/h11H,3-10H2,1-2H3,(H,13,15);1H/t11-;/m1./s1. The molecule has 0 aromatic rings. The fourth-order valence-electron chi connectivity index (χ4n) is 1.73. The molecule has 0 aromatic heterocycles. The molecule has 1 aliphatic heterocycles. The van der Waals surface area contributed by atoms with Crippen LogP contribution in [-0.2, 0) is 4.79 Å². The van der Waals surface area contributed by atoms with Gasteiger partial charge < -0.3 is 10.2 Å². The van der Waals surface area contributed by atoms with Crippen LogP contribution in [0.1, 0.15) is 33.5 Å². The Morgan fingerprint density at radius 2 is 2.29 bits per heavy atom. The molecular formula is C12H26N2OS2. The summed E-state index contributed by atoms with van der Waals surface area (Å²) in [6.07, 6.45) is 5.56. The van der Waals surface area contributed by atoms with Gasteiger partial charge >= 0.3 is 0 Å². The van der Waals surface area contributed by atoms with Crippen molar-refractivity contribution in [2.24, 2.45) is 0 Å². The smallest absolute Gasteiger partial charge is 0.220 e. The molecule has 1 amide bonds. The molecule has 1 atom stereocenters. The van der Waals surface area contributed by atoms with Crippen molar-refractivity contribution in [3.8, 4) is 0 Å². The number of likely N-dealkylation sites (N-methyl/N-ethyl adjacent to an activating group) is 1. The van der Waals surface area contributed by atoms with Gasteiger partial charge in [0.1, 0.15) is 0 Å². The highest BCUT2D eigenvalue weighted by Crippen LogP contribution is 2.39. The Morgan fingerprint density at radius 3 is 2.94 bits per heavy atom. The summed E-state index contributed by atoms with van der Waals surface area (Å²) in [5, 5.41) is 3.80. The third-order valence-electron chi connectivity index (χ3n) is 2.79. The number of hydrogen-bond donors (Lipinski definition) is 1. The van der Waals surface area contributed by atoms with E-state index in [1.165, 1.54) is 25.0 Å². The van der Waals surface area contributed by atoms with Gasteiger partial charge in [-0.25, -0.2) is 0 Å². The molecule has 1 saturated heterocycles. The summed E-state index contributed by atoms with van der Waals surface area (Å²) in [5.41, 5.74) is 0. The first-order chi connectivity index (χ1) is 8.18. The van der Waals surface area contributed by atoms with Crippen molar-refractivity contribution in [1.82, 2.24) is 10.2 Å². The van der Waals surface area contributed by atoms with E-state index >= 15 is 0 Å². The summed E-state index contributed by atoms with van der Waals surface area (Å²) >= 11 is 0. The molecule has 102 valence electrons. The Balaban J connectivity index is 0.00000289. The molecule has 1 rings (SSSR count). The molecule has 1 fully saturated rings. The number of nitrogens with zero attached hydrogens (tertiary/aromatic N) is 1. The highest BCUT2D eigenvalue weighted by molar-refractivity contribution is 8.77. The van der Waals surface area contributed by atoms with Gasteiger partial charge in [0.05, 0.1) is 0 Å².